The van der Waals surface area contributed by atoms with E-state index in [0.29, 0.717) is 0 Å². The topological polar surface area (TPSA) is 0 Å². The van der Waals surface area contributed by atoms with Gasteiger partial charge in [-0.05, 0) is 12.1 Å². The van der Waals surface area contributed by atoms with Crippen molar-refractivity contribution in [1.29, 1.82) is 0 Å². The summed E-state index contributed by atoms with van der Waals surface area (Å²) >= 11 is 3.61. The SMILES string of the molecule is [B-].c1ccc2[s+]csc2c1. The first kappa shape index (κ1) is 7.70. The van der Waals surface area contributed by atoms with Crippen molar-refractivity contribution in [3.8, 4) is 0 Å². The third-order valence-electron chi connectivity index (χ3n) is 1.20. The lowest BCUT2D eigenvalue weighted by atomic mass is 10.4. The van der Waals surface area contributed by atoms with Crippen molar-refractivity contribution in [2.75, 3.05) is 0 Å². The summed E-state index contributed by atoms with van der Waals surface area (Å²) in [6.45, 7) is 0. The molecule has 0 saturated heterocycles. The Morgan fingerprint density at radius 1 is 1.20 bits per heavy atom. The van der Waals surface area contributed by atoms with E-state index in [0.717, 1.165) is 0 Å². The van der Waals surface area contributed by atoms with Gasteiger partial charge in [0.15, 0.2) is 9.40 Å². The molecular formula is C7H5BS2. The van der Waals surface area contributed by atoms with Gasteiger partial charge in [0.1, 0.15) is 0 Å². The van der Waals surface area contributed by atoms with E-state index >= 15 is 0 Å². The largest absolute Gasteiger partial charge is 1.00 e. The first-order chi connectivity index (χ1) is 4.47. The van der Waals surface area contributed by atoms with E-state index in [2.05, 4.69) is 29.0 Å². The monoisotopic (exact) mass is 164 g/mol. The minimum absolute atomic E-state index is 0. The Morgan fingerprint density at radius 3 is 2.80 bits per heavy atom. The maximum absolute atomic E-state index is 2.16. The van der Waals surface area contributed by atoms with Crippen molar-refractivity contribution < 1.29 is 0 Å². The third kappa shape index (κ3) is 1.20. The fourth-order valence-corrected chi connectivity index (χ4v) is 2.77. The minimum Gasteiger partial charge on any atom is -1.00 e. The van der Waals surface area contributed by atoms with Crippen LogP contribution >= 0.6 is 22.7 Å². The second-order valence-electron chi connectivity index (χ2n) is 1.78. The van der Waals surface area contributed by atoms with Crippen molar-refractivity contribution in [3.63, 3.8) is 0 Å². The Morgan fingerprint density at radius 2 is 2.00 bits per heavy atom. The molecule has 0 spiro atoms. The molecule has 1 aromatic heterocycles. The van der Waals surface area contributed by atoms with Gasteiger partial charge in [-0.1, -0.05) is 12.1 Å². The van der Waals surface area contributed by atoms with E-state index in [-0.39, 0.29) is 8.41 Å². The van der Waals surface area contributed by atoms with Crippen molar-refractivity contribution in [2.45, 2.75) is 0 Å². The van der Waals surface area contributed by atoms with E-state index in [1.54, 1.807) is 22.7 Å². The van der Waals surface area contributed by atoms with E-state index < -0.39 is 0 Å². The van der Waals surface area contributed by atoms with Crippen LogP contribution in [-0.4, -0.2) is 8.41 Å². The van der Waals surface area contributed by atoms with Crippen molar-refractivity contribution in [1.82, 2.24) is 0 Å². The van der Waals surface area contributed by atoms with Gasteiger partial charge >= 0.3 is 0 Å². The fourth-order valence-electron chi connectivity index (χ4n) is 0.773. The highest BCUT2D eigenvalue weighted by Crippen LogP contribution is 2.24. The Labute approximate surface area is 69.7 Å². The smallest absolute Gasteiger partial charge is 0.243 e. The second-order valence-corrected chi connectivity index (χ2v) is 3.90. The van der Waals surface area contributed by atoms with Crippen LogP contribution in [0.2, 0.25) is 0 Å². The summed E-state index contributed by atoms with van der Waals surface area (Å²) in [5.74, 6) is 0. The van der Waals surface area contributed by atoms with Crippen LogP contribution in [0.25, 0.3) is 9.40 Å². The molecule has 0 aliphatic rings. The second kappa shape index (κ2) is 3.13. The average Bonchev–Trinajstić information content (AvgIpc) is 2.33. The van der Waals surface area contributed by atoms with E-state index in [9.17, 15) is 0 Å². The molecule has 2 aromatic rings. The molecule has 3 heteroatoms. The summed E-state index contributed by atoms with van der Waals surface area (Å²) in [6, 6.07) is 8.45. The van der Waals surface area contributed by atoms with E-state index in [4.69, 9.17) is 0 Å². The number of hydrogen-bond acceptors (Lipinski definition) is 1. The normalized spacial score (nSPS) is 9.20. The zero-order valence-corrected chi connectivity index (χ0v) is 6.91. The Hall–Kier alpha value is -0.405. The van der Waals surface area contributed by atoms with Crippen LogP contribution in [0, 0.1) is 0 Å². The van der Waals surface area contributed by atoms with Crippen molar-refractivity contribution >= 4 is 40.5 Å². The van der Waals surface area contributed by atoms with Gasteiger partial charge in [0, 0.05) is 0 Å². The molecule has 48 valence electrons. The zero-order valence-electron chi connectivity index (χ0n) is 5.28. The van der Waals surface area contributed by atoms with Gasteiger partial charge in [0.25, 0.3) is 0 Å². The lowest BCUT2D eigenvalue weighted by Crippen LogP contribution is -1.54. The van der Waals surface area contributed by atoms with Crippen LogP contribution in [0.3, 0.4) is 0 Å². The van der Waals surface area contributed by atoms with Gasteiger partial charge in [0.2, 0.25) is 4.69 Å². The molecule has 2 rings (SSSR count). The molecule has 0 N–H and O–H groups in total. The van der Waals surface area contributed by atoms with Gasteiger partial charge in [-0.25, -0.2) is 0 Å². The molecule has 0 aliphatic heterocycles. The predicted molar refractivity (Wildman–Crippen MR) is 49.9 cm³/mol. The van der Waals surface area contributed by atoms with Gasteiger partial charge < -0.3 is 8.41 Å². The summed E-state index contributed by atoms with van der Waals surface area (Å²) in [5.41, 5.74) is 0. The number of hydrogen-bond donors (Lipinski definition) is 0. The summed E-state index contributed by atoms with van der Waals surface area (Å²) in [7, 11) is 0. The van der Waals surface area contributed by atoms with Crippen LogP contribution < -0.4 is 0 Å². The standard InChI is InChI=1S/C7H5S2.B/c1-2-4-7-6(3-1)8-5-9-7;/h1-5H;/q+1;-1. The van der Waals surface area contributed by atoms with Gasteiger partial charge in [-0.3, -0.25) is 0 Å². The number of fused-ring (bicyclic) bond motifs is 1. The van der Waals surface area contributed by atoms with Crippen LogP contribution in [0.5, 0.6) is 0 Å². The molecule has 0 fully saturated rings. The van der Waals surface area contributed by atoms with Crippen LogP contribution in [0.15, 0.2) is 29.0 Å². The molecule has 0 amide bonds. The lowest BCUT2D eigenvalue weighted by molar-refractivity contribution is 1.88. The summed E-state index contributed by atoms with van der Waals surface area (Å²) in [5, 5.41) is 0. The number of rotatable bonds is 0. The minimum atomic E-state index is 0. The highest BCUT2D eigenvalue weighted by molar-refractivity contribution is 7.36. The van der Waals surface area contributed by atoms with Crippen LogP contribution in [-0.2, 0) is 0 Å². The van der Waals surface area contributed by atoms with Crippen molar-refractivity contribution in [3.05, 3.63) is 29.0 Å². The van der Waals surface area contributed by atoms with Gasteiger partial charge in [-0.15, -0.1) is 0 Å². The molecular weight excluding hydrogens is 159 g/mol. The maximum Gasteiger partial charge on any atom is 0.243 e. The van der Waals surface area contributed by atoms with Crippen LogP contribution in [0.1, 0.15) is 0 Å². The molecule has 0 unspecified atom stereocenters. The first-order valence-electron chi connectivity index (χ1n) is 2.71. The Balaban J connectivity index is 0.000000500. The molecule has 0 saturated carbocycles. The predicted octanol–water partition coefficient (Wildman–Crippen LogP) is 2.86. The molecule has 0 atom stereocenters. The molecule has 0 nitrogen and oxygen atoms in total. The highest BCUT2D eigenvalue weighted by atomic mass is 32.2. The van der Waals surface area contributed by atoms with E-state index in [1.807, 2.05) is 0 Å². The molecule has 0 bridgehead atoms. The summed E-state index contributed by atoms with van der Waals surface area (Å²) in [4.78, 5) is 0. The average molecular weight is 164 g/mol. The summed E-state index contributed by atoms with van der Waals surface area (Å²) < 4.78 is 4.94. The van der Waals surface area contributed by atoms with Gasteiger partial charge in [0.05, 0.1) is 22.7 Å². The zero-order chi connectivity index (χ0) is 6.10. The van der Waals surface area contributed by atoms with E-state index in [1.165, 1.54) is 9.40 Å². The highest BCUT2D eigenvalue weighted by Gasteiger charge is 2.01. The first-order valence-corrected chi connectivity index (χ1v) is 4.47. The molecule has 10 heavy (non-hydrogen) atoms. The molecule has 1 heterocycles. The molecule has 4 radical (unpaired) electrons. The molecule has 1 aromatic carbocycles. The number of benzene rings is 1. The Kier molecular flexibility index (Phi) is 2.41. The lowest BCUT2D eigenvalue weighted by Gasteiger charge is -1.73. The maximum atomic E-state index is 2.16. The Bertz CT molecular complexity index is 286. The summed E-state index contributed by atoms with van der Waals surface area (Å²) in [6.07, 6.45) is 0. The fraction of sp³-hybridized carbons (Fsp3) is 0. The quantitative estimate of drug-likeness (QED) is 0.414. The van der Waals surface area contributed by atoms with Crippen LogP contribution in [0.4, 0.5) is 0 Å². The third-order valence-corrected chi connectivity index (χ3v) is 3.32. The van der Waals surface area contributed by atoms with Gasteiger partial charge in [-0.2, -0.15) is 0 Å². The molecule has 0 aliphatic carbocycles. The van der Waals surface area contributed by atoms with Crippen molar-refractivity contribution in [2.24, 2.45) is 0 Å².